The highest BCUT2D eigenvalue weighted by molar-refractivity contribution is 5.98. The molecule has 0 spiro atoms. The number of nitro groups is 1. The van der Waals surface area contributed by atoms with Crippen molar-refractivity contribution >= 4 is 11.7 Å². The van der Waals surface area contributed by atoms with Crippen LogP contribution in [0.25, 0.3) is 0 Å². The molecule has 0 radical (unpaired) electrons. The summed E-state index contributed by atoms with van der Waals surface area (Å²) in [6, 6.07) is 5.94. The van der Waals surface area contributed by atoms with Gasteiger partial charge in [0.05, 0.1) is 6.07 Å². The number of nitrogens with zero attached hydrogens (tertiary/aromatic N) is 2. The van der Waals surface area contributed by atoms with Crippen LogP contribution >= 0.6 is 0 Å². The van der Waals surface area contributed by atoms with Crippen molar-refractivity contribution in [3.05, 3.63) is 58.1 Å². The molecule has 2 rings (SSSR count). The smallest absolute Gasteiger partial charge is 0.397 e. The topological polar surface area (TPSA) is 86.2 Å². The van der Waals surface area contributed by atoms with Crippen molar-refractivity contribution in [1.29, 1.82) is 0 Å². The van der Waals surface area contributed by atoms with E-state index < -0.39 is 16.7 Å². The Labute approximate surface area is 102 Å². The minimum Gasteiger partial charge on any atom is -0.397 e. The Bertz CT molecular complexity index is 577. The van der Waals surface area contributed by atoms with E-state index in [0.717, 1.165) is 5.56 Å². The van der Waals surface area contributed by atoms with E-state index in [1.807, 2.05) is 0 Å². The number of aromatic nitrogens is 1. The predicted octanol–water partition coefficient (Wildman–Crippen LogP) is 2.57. The van der Waals surface area contributed by atoms with Gasteiger partial charge < -0.3 is 4.42 Å². The molecular weight excluding hydrogens is 236 g/mol. The van der Waals surface area contributed by atoms with Gasteiger partial charge in [0.2, 0.25) is 5.78 Å². The maximum Gasteiger partial charge on any atom is 0.433 e. The van der Waals surface area contributed by atoms with Crippen LogP contribution in [-0.2, 0) is 0 Å². The number of carbonyl (C=O) groups excluding carboxylic acids is 1. The maximum absolute atomic E-state index is 12.0. The van der Waals surface area contributed by atoms with E-state index in [2.05, 4.69) is 4.98 Å². The summed E-state index contributed by atoms with van der Waals surface area (Å²) in [6.45, 7) is 1.71. The molecule has 2 aromatic heterocycles. The van der Waals surface area contributed by atoms with Gasteiger partial charge in [-0.15, -0.1) is 0 Å². The number of hydrogen-bond donors (Lipinski definition) is 0. The van der Waals surface area contributed by atoms with Gasteiger partial charge in [-0.3, -0.25) is 19.9 Å². The molecule has 92 valence electrons. The van der Waals surface area contributed by atoms with Gasteiger partial charge in [-0.2, -0.15) is 0 Å². The Morgan fingerprint density at radius 1 is 1.33 bits per heavy atom. The Hall–Kier alpha value is -2.50. The summed E-state index contributed by atoms with van der Waals surface area (Å²) >= 11 is 0. The molecule has 1 atom stereocenters. The maximum atomic E-state index is 12.0. The average Bonchev–Trinajstić information content (AvgIpc) is 2.88. The van der Waals surface area contributed by atoms with E-state index in [9.17, 15) is 14.9 Å². The van der Waals surface area contributed by atoms with E-state index in [1.165, 1.54) is 12.1 Å². The highest BCUT2D eigenvalue weighted by Crippen LogP contribution is 2.23. The first-order valence-corrected chi connectivity index (χ1v) is 5.28. The summed E-state index contributed by atoms with van der Waals surface area (Å²) in [6.07, 6.45) is 3.17. The molecule has 0 fully saturated rings. The molecule has 0 saturated carbocycles. The SMILES string of the molecule is CC(C(=O)c1ccc([N+](=O)[O-])o1)c1ccncc1. The van der Waals surface area contributed by atoms with E-state index in [0.29, 0.717) is 0 Å². The fraction of sp³-hybridized carbons (Fsp3) is 0.167. The second kappa shape index (κ2) is 4.79. The van der Waals surface area contributed by atoms with E-state index in [4.69, 9.17) is 4.42 Å². The van der Waals surface area contributed by atoms with Crippen LogP contribution in [0.2, 0.25) is 0 Å². The van der Waals surface area contributed by atoms with Gasteiger partial charge in [-0.1, -0.05) is 6.92 Å². The third-order valence-corrected chi connectivity index (χ3v) is 2.61. The molecule has 0 aliphatic heterocycles. The first kappa shape index (κ1) is 12.0. The first-order chi connectivity index (χ1) is 8.59. The number of rotatable bonds is 4. The predicted molar refractivity (Wildman–Crippen MR) is 62.3 cm³/mol. The zero-order valence-corrected chi connectivity index (χ0v) is 9.57. The van der Waals surface area contributed by atoms with Gasteiger partial charge in [-0.25, -0.2) is 0 Å². The monoisotopic (exact) mass is 246 g/mol. The van der Waals surface area contributed by atoms with Gasteiger partial charge in [0.15, 0.2) is 5.76 Å². The molecule has 0 aliphatic carbocycles. The highest BCUT2D eigenvalue weighted by atomic mass is 16.6. The Balaban J connectivity index is 2.23. The van der Waals surface area contributed by atoms with Crippen LogP contribution in [0.15, 0.2) is 41.1 Å². The van der Waals surface area contributed by atoms with Crippen LogP contribution in [0.4, 0.5) is 5.88 Å². The number of carbonyl (C=O) groups is 1. The lowest BCUT2D eigenvalue weighted by Crippen LogP contribution is -2.08. The molecule has 6 heteroatoms. The molecule has 18 heavy (non-hydrogen) atoms. The fourth-order valence-corrected chi connectivity index (χ4v) is 1.58. The molecular formula is C12H10N2O4. The summed E-state index contributed by atoms with van der Waals surface area (Å²) in [4.78, 5) is 25.7. The van der Waals surface area contributed by atoms with Gasteiger partial charge in [0.25, 0.3) is 0 Å². The number of hydrogen-bond acceptors (Lipinski definition) is 5. The summed E-state index contributed by atoms with van der Waals surface area (Å²) in [5.74, 6) is -1.17. The van der Waals surface area contributed by atoms with Gasteiger partial charge in [0, 0.05) is 18.3 Å². The molecule has 0 aromatic carbocycles. The molecule has 1 unspecified atom stereocenters. The minimum absolute atomic E-state index is 0.00832. The van der Waals surface area contributed by atoms with Crippen LogP contribution in [0.1, 0.15) is 29.0 Å². The molecule has 0 amide bonds. The lowest BCUT2D eigenvalue weighted by atomic mass is 9.96. The third-order valence-electron chi connectivity index (χ3n) is 2.61. The van der Waals surface area contributed by atoms with Crippen molar-refractivity contribution in [3.8, 4) is 0 Å². The molecule has 0 aliphatic rings. The van der Waals surface area contributed by atoms with Crippen molar-refractivity contribution in [3.63, 3.8) is 0 Å². The summed E-state index contributed by atoms with van der Waals surface area (Å²) in [7, 11) is 0. The number of furan rings is 1. The Morgan fingerprint density at radius 2 is 2.00 bits per heavy atom. The Kier molecular flexibility index (Phi) is 3.18. The zero-order valence-electron chi connectivity index (χ0n) is 9.57. The molecule has 0 N–H and O–H groups in total. The minimum atomic E-state index is -0.673. The molecule has 2 heterocycles. The molecule has 0 saturated heterocycles. The van der Waals surface area contributed by atoms with E-state index in [-0.39, 0.29) is 11.5 Å². The van der Waals surface area contributed by atoms with E-state index >= 15 is 0 Å². The van der Waals surface area contributed by atoms with Crippen LogP contribution < -0.4 is 0 Å². The quantitative estimate of drug-likeness (QED) is 0.470. The normalized spacial score (nSPS) is 12.1. The second-order valence-electron chi connectivity index (χ2n) is 3.76. The average molecular weight is 246 g/mol. The number of ketones is 1. The van der Waals surface area contributed by atoms with Crippen LogP contribution in [0, 0.1) is 10.1 Å². The molecule has 2 aromatic rings. The van der Waals surface area contributed by atoms with Crippen molar-refractivity contribution in [2.75, 3.05) is 0 Å². The van der Waals surface area contributed by atoms with E-state index in [1.54, 1.807) is 31.5 Å². The van der Waals surface area contributed by atoms with Crippen LogP contribution in [0.3, 0.4) is 0 Å². The van der Waals surface area contributed by atoms with Crippen molar-refractivity contribution in [1.82, 2.24) is 4.98 Å². The van der Waals surface area contributed by atoms with Crippen molar-refractivity contribution in [2.45, 2.75) is 12.8 Å². The fourth-order valence-electron chi connectivity index (χ4n) is 1.58. The highest BCUT2D eigenvalue weighted by Gasteiger charge is 2.23. The summed E-state index contributed by atoms with van der Waals surface area (Å²) in [5.41, 5.74) is 0.786. The van der Waals surface area contributed by atoms with Crippen LogP contribution in [0.5, 0.6) is 0 Å². The Morgan fingerprint density at radius 3 is 2.56 bits per heavy atom. The van der Waals surface area contributed by atoms with Gasteiger partial charge >= 0.3 is 5.88 Å². The lowest BCUT2D eigenvalue weighted by molar-refractivity contribution is -0.402. The summed E-state index contributed by atoms with van der Waals surface area (Å²) in [5, 5.41) is 10.5. The lowest BCUT2D eigenvalue weighted by Gasteiger charge is -2.07. The largest absolute Gasteiger partial charge is 0.433 e. The molecule has 0 bridgehead atoms. The van der Waals surface area contributed by atoms with Crippen molar-refractivity contribution in [2.24, 2.45) is 0 Å². The second-order valence-corrected chi connectivity index (χ2v) is 3.76. The molecule has 6 nitrogen and oxygen atoms in total. The third kappa shape index (κ3) is 2.27. The standard InChI is InChI=1S/C12H10N2O4/c1-8(9-4-6-13-7-5-9)12(15)10-2-3-11(18-10)14(16)17/h2-8H,1H3. The number of pyridine rings is 1. The van der Waals surface area contributed by atoms with Crippen LogP contribution in [-0.4, -0.2) is 15.7 Å². The number of Topliss-reactive ketones (excluding diaryl/α,β-unsaturated/α-hetero) is 1. The van der Waals surface area contributed by atoms with Crippen molar-refractivity contribution < 1.29 is 14.1 Å². The van der Waals surface area contributed by atoms with Gasteiger partial charge in [0.1, 0.15) is 4.92 Å². The summed E-state index contributed by atoms with van der Waals surface area (Å²) < 4.78 is 4.89. The van der Waals surface area contributed by atoms with Gasteiger partial charge in [-0.05, 0) is 23.8 Å². The first-order valence-electron chi connectivity index (χ1n) is 5.28. The zero-order chi connectivity index (χ0) is 13.1.